The molecule has 21 heavy (non-hydrogen) atoms. The summed E-state index contributed by atoms with van der Waals surface area (Å²) in [6.07, 6.45) is 2.08. The van der Waals surface area contributed by atoms with Crippen molar-refractivity contribution in [1.29, 1.82) is 0 Å². The topological polar surface area (TPSA) is 104 Å². The summed E-state index contributed by atoms with van der Waals surface area (Å²) in [7, 11) is -3.33. The summed E-state index contributed by atoms with van der Waals surface area (Å²) in [5, 5.41) is 5.52. The van der Waals surface area contributed by atoms with E-state index in [1.807, 2.05) is 0 Å². The smallest absolute Gasteiger partial charge is 0.251 e. The van der Waals surface area contributed by atoms with E-state index in [0.29, 0.717) is 30.6 Å². The normalized spacial score (nSPS) is 18.7. The maximum atomic E-state index is 12.0. The molecule has 1 heterocycles. The van der Waals surface area contributed by atoms with Crippen LogP contribution in [0.4, 0.5) is 5.69 Å². The maximum Gasteiger partial charge on any atom is 0.251 e. The molecule has 1 aliphatic rings. The molecule has 1 aliphatic heterocycles. The van der Waals surface area contributed by atoms with Crippen molar-refractivity contribution < 1.29 is 18.0 Å². The Bertz CT molecular complexity index is 630. The van der Waals surface area contributed by atoms with Crippen molar-refractivity contribution in [2.24, 2.45) is 0 Å². The Kier molecular flexibility index (Phi) is 4.46. The van der Waals surface area contributed by atoms with Gasteiger partial charge in [-0.2, -0.15) is 0 Å². The van der Waals surface area contributed by atoms with Crippen LogP contribution in [-0.4, -0.2) is 39.1 Å². The number of amides is 2. The highest BCUT2D eigenvalue weighted by atomic mass is 32.2. The van der Waals surface area contributed by atoms with Crippen LogP contribution in [0.5, 0.6) is 0 Å². The van der Waals surface area contributed by atoms with Gasteiger partial charge in [0.05, 0.1) is 6.26 Å². The Morgan fingerprint density at radius 2 is 1.95 bits per heavy atom. The summed E-state index contributed by atoms with van der Waals surface area (Å²) >= 11 is 0. The summed E-state index contributed by atoms with van der Waals surface area (Å²) in [5.74, 6) is -0.251. The molecule has 0 spiro atoms. The van der Waals surface area contributed by atoms with Crippen molar-refractivity contribution in [3.8, 4) is 0 Å². The van der Waals surface area contributed by atoms with Crippen LogP contribution >= 0.6 is 0 Å². The molecule has 114 valence electrons. The van der Waals surface area contributed by atoms with E-state index >= 15 is 0 Å². The largest absolute Gasteiger partial charge is 0.354 e. The Balaban J connectivity index is 1.95. The van der Waals surface area contributed by atoms with Crippen LogP contribution in [0.1, 0.15) is 23.2 Å². The Hall–Kier alpha value is -2.09. The molecule has 0 aromatic heterocycles. The first-order valence-corrected chi connectivity index (χ1v) is 8.38. The van der Waals surface area contributed by atoms with Crippen molar-refractivity contribution in [1.82, 2.24) is 10.6 Å². The molecular formula is C13H17N3O4S. The van der Waals surface area contributed by atoms with Gasteiger partial charge in [0, 0.05) is 30.3 Å². The zero-order valence-electron chi connectivity index (χ0n) is 11.5. The zero-order chi connectivity index (χ0) is 15.5. The number of sulfonamides is 1. The van der Waals surface area contributed by atoms with Gasteiger partial charge in [-0.15, -0.1) is 0 Å². The number of carbonyl (C=O) groups is 2. The molecule has 1 aromatic rings. The van der Waals surface area contributed by atoms with Gasteiger partial charge in [-0.1, -0.05) is 0 Å². The average molecular weight is 311 g/mol. The lowest BCUT2D eigenvalue weighted by atomic mass is 10.1. The average Bonchev–Trinajstić information content (AvgIpc) is 2.40. The van der Waals surface area contributed by atoms with E-state index in [1.165, 1.54) is 12.1 Å². The van der Waals surface area contributed by atoms with Crippen molar-refractivity contribution >= 4 is 27.5 Å². The molecule has 3 N–H and O–H groups in total. The number of anilines is 1. The van der Waals surface area contributed by atoms with Gasteiger partial charge in [0.25, 0.3) is 5.91 Å². The molecule has 0 saturated carbocycles. The second kappa shape index (κ2) is 6.13. The van der Waals surface area contributed by atoms with E-state index in [0.717, 1.165) is 6.26 Å². The monoisotopic (exact) mass is 311 g/mol. The fourth-order valence-corrected chi connectivity index (χ4v) is 2.59. The quantitative estimate of drug-likeness (QED) is 0.731. The Morgan fingerprint density at radius 1 is 1.29 bits per heavy atom. The summed E-state index contributed by atoms with van der Waals surface area (Å²) in [6, 6.07) is 6.06. The minimum Gasteiger partial charge on any atom is -0.354 e. The molecule has 0 bridgehead atoms. The minimum atomic E-state index is -3.33. The van der Waals surface area contributed by atoms with E-state index in [9.17, 15) is 18.0 Å². The van der Waals surface area contributed by atoms with Crippen molar-refractivity contribution in [2.45, 2.75) is 18.9 Å². The second-order valence-electron chi connectivity index (χ2n) is 4.96. The van der Waals surface area contributed by atoms with Gasteiger partial charge in [-0.25, -0.2) is 8.42 Å². The van der Waals surface area contributed by atoms with Gasteiger partial charge >= 0.3 is 0 Å². The molecule has 0 radical (unpaired) electrons. The standard InChI is InChI=1S/C13H17N3O4S/c1-21(19,20)16-10-4-2-9(3-5-10)13(18)15-11-6-7-12(17)14-8-11/h2-5,11,16H,6-8H2,1H3,(H,14,17)(H,15,18). The molecule has 7 nitrogen and oxygen atoms in total. The minimum absolute atomic E-state index is 0.00305. The SMILES string of the molecule is CS(=O)(=O)Nc1ccc(C(=O)NC2CCC(=O)NC2)cc1. The van der Waals surface area contributed by atoms with E-state index in [2.05, 4.69) is 15.4 Å². The number of piperidine rings is 1. The van der Waals surface area contributed by atoms with Gasteiger partial charge in [0.2, 0.25) is 15.9 Å². The third kappa shape index (κ3) is 4.75. The summed E-state index contributed by atoms with van der Waals surface area (Å²) in [4.78, 5) is 23.1. The van der Waals surface area contributed by atoms with Gasteiger partial charge < -0.3 is 10.6 Å². The first kappa shape index (κ1) is 15.3. The Morgan fingerprint density at radius 3 is 2.48 bits per heavy atom. The molecule has 1 aromatic carbocycles. The lowest BCUT2D eigenvalue weighted by molar-refractivity contribution is -0.122. The van der Waals surface area contributed by atoms with Crippen LogP contribution in [0.2, 0.25) is 0 Å². The number of hydrogen-bond donors (Lipinski definition) is 3. The zero-order valence-corrected chi connectivity index (χ0v) is 12.4. The van der Waals surface area contributed by atoms with Crippen LogP contribution < -0.4 is 15.4 Å². The first-order valence-electron chi connectivity index (χ1n) is 6.49. The highest BCUT2D eigenvalue weighted by molar-refractivity contribution is 7.92. The van der Waals surface area contributed by atoms with Gasteiger partial charge in [-0.05, 0) is 30.7 Å². The molecule has 0 aliphatic carbocycles. The molecular weight excluding hydrogens is 294 g/mol. The molecule has 2 rings (SSSR count). The summed E-state index contributed by atoms with van der Waals surface area (Å²) < 4.78 is 24.5. The lowest BCUT2D eigenvalue weighted by Crippen LogP contribution is -2.47. The first-order chi connectivity index (χ1) is 9.83. The lowest BCUT2D eigenvalue weighted by Gasteiger charge is -2.23. The predicted octanol–water partition coefficient (Wildman–Crippen LogP) is 0.0665. The van der Waals surface area contributed by atoms with Crippen LogP contribution in [-0.2, 0) is 14.8 Å². The van der Waals surface area contributed by atoms with Crippen LogP contribution in [0, 0.1) is 0 Å². The number of benzene rings is 1. The van der Waals surface area contributed by atoms with Crippen LogP contribution in [0.25, 0.3) is 0 Å². The van der Waals surface area contributed by atoms with Gasteiger partial charge in [-0.3, -0.25) is 14.3 Å². The highest BCUT2D eigenvalue weighted by Crippen LogP contribution is 2.11. The molecule has 1 saturated heterocycles. The van der Waals surface area contributed by atoms with Crippen LogP contribution in [0.3, 0.4) is 0 Å². The molecule has 2 amide bonds. The number of carbonyl (C=O) groups excluding carboxylic acids is 2. The molecule has 1 unspecified atom stereocenters. The number of hydrogen-bond acceptors (Lipinski definition) is 4. The van der Waals surface area contributed by atoms with Crippen molar-refractivity contribution in [3.63, 3.8) is 0 Å². The van der Waals surface area contributed by atoms with Gasteiger partial charge in [0.15, 0.2) is 0 Å². The van der Waals surface area contributed by atoms with E-state index in [1.54, 1.807) is 12.1 Å². The predicted molar refractivity (Wildman–Crippen MR) is 78.4 cm³/mol. The second-order valence-corrected chi connectivity index (χ2v) is 6.71. The third-order valence-corrected chi connectivity index (χ3v) is 3.66. The number of rotatable bonds is 4. The highest BCUT2D eigenvalue weighted by Gasteiger charge is 2.20. The molecule has 8 heteroatoms. The van der Waals surface area contributed by atoms with E-state index in [-0.39, 0.29) is 17.9 Å². The summed E-state index contributed by atoms with van der Waals surface area (Å²) in [6.45, 7) is 0.429. The fourth-order valence-electron chi connectivity index (χ4n) is 2.03. The van der Waals surface area contributed by atoms with E-state index in [4.69, 9.17) is 0 Å². The Labute approximate surface area is 123 Å². The molecule has 1 atom stereocenters. The third-order valence-electron chi connectivity index (χ3n) is 3.05. The maximum absolute atomic E-state index is 12.0. The van der Waals surface area contributed by atoms with Crippen molar-refractivity contribution in [3.05, 3.63) is 29.8 Å². The summed E-state index contributed by atoms with van der Waals surface area (Å²) in [5.41, 5.74) is 0.838. The van der Waals surface area contributed by atoms with Crippen LogP contribution in [0.15, 0.2) is 24.3 Å². The van der Waals surface area contributed by atoms with Gasteiger partial charge in [0.1, 0.15) is 0 Å². The van der Waals surface area contributed by atoms with Crippen molar-refractivity contribution in [2.75, 3.05) is 17.5 Å². The number of nitrogens with one attached hydrogen (secondary N) is 3. The molecule has 1 fully saturated rings. The fraction of sp³-hybridized carbons (Fsp3) is 0.385. The van der Waals surface area contributed by atoms with E-state index < -0.39 is 10.0 Å².